The lowest BCUT2D eigenvalue weighted by molar-refractivity contribution is 0.0828. The Bertz CT molecular complexity index is 941. The molecule has 0 fully saturated rings. The number of rotatable bonds is 8. The number of nitrogens with zero attached hydrogens (tertiary/aromatic N) is 4. The van der Waals surface area contributed by atoms with Crippen LogP contribution in [-0.2, 0) is 0 Å². The average Bonchev–Trinajstić information content (AvgIpc) is 3.12. The molecule has 1 aromatic carbocycles. The van der Waals surface area contributed by atoms with Gasteiger partial charge in [0.25, 0.3) is 5.91 Å². The number of aromatic nitrogens is 3. The van der Waals surface area contributed by atoms with Crippen molar-refractivity contribution in [1.29, 1.82) is 0 Å². The molecular formula is C19H24N6OS2. The molecule has 0 aliphatic carbocycles. The van der Waals surface area contributed by atoms with Gasteiger partial charge in [-0.25, -0.2) is 15.0 Å². The first kappa shape index (κ1) is 20.3. The lowest BCUT2D eigenvalue weighted by Crippen LogP contribution is -2.21. The molecule has 0 bridgehead atoms. The number of hydrogen-bond acceptors (Lipinski definition) is 8. The number of carbonyl (C=O) groups is 1. The Morgan fingerprint density at radius 2 is 1.93 bits per heavy atom. The third-order valence-corrected chi connectivity index (χ3v) is 5.77. The van der Waals surface area contributed by atoms with Gasteiger partial charge in [-0.1, -0.05) is 18.3 Å². The standard InChI is InChI=1S/C19H24N6OS2/c1-12(8-20-18-21-10-14(27-4)11-22-18)9-23-19-24-15-6-5-13(7-16(15)28-19)17(26)25(2)3/h5-7,10-12H,8-9H2,1-4H3,(H,23,24)(H,20,21,22)/t12-/m0/s1. The van der Waals surface area contributed by atoms with E-state index in [9.17, 15) is 4.79 Å². The minimum atomic E-state index is -0.00251. The number of fused-ring (bicyclic) bond motifs is 1. The van der Waals surface area contributed by atoms with Crippen LogP contribution in [0.25, 0.3) is 10.2 Å². The molecule has 9 heteroatoms. The number of thiazole rings is 1. The zero-order valence-corrected chi connectivity index (χ0v) is 18.0. The molecule has 28 heavy (non-hydrogen) atoms. The van der Waals surface area contributed by atoms with Gasteiger partial charge in [0.1, 0.15) is 0 Å². The van der Waals surface area contributed by atoms with Crippen LogP contribution in [0.15, 0.2) is 35.5 Å². The fourth-order valence-corrected chi connectivity index (χ4v) is 3.73. The predicted octanol–water partition coefficient (Wildman–Crippen LogP) is 3.67. The highest BCUT2D eigenvalue weighted by molar-refractivity contribution is 7.98. The van der Waals surface area contributed by atoms with Gasteiger partial charge in [-0.15, -0.1) is 11.8 Å². The van der Waals surface area contributed by atoms with Gasteiger partial charge in [0.05, 0.1) is 10.2 Å². The molecule has 0 spiro atoms. The van der Waals surface area contributed by atoms with Crippen LogP contribution in [0.1, 0.15) is 17.3 Å². The van der Waals surface area contributed by atoms with E-state index in [2.05, 4.69) is 32.5 Å². The lowest BCUT2D eigenvalue weighted by atomic mass is 10.2. The number of amides is 1. The van der Waals surface area contributed by atoms with Crippen LogP contribution in [0.2, 0.25) is 0 Å². The molecule has 1 atom stereocenters. The minimum absolute atomic E-state index is 0.00251. The van der Waals surface area contributed by atoms with Crippen LogP contribution < -0.4 is 10.6 Å². The van der Waals surface area contributed by atoms with E-state index in [0.29, 0.717) is 17.4 Å². The fraction of sp³-hybridized carbons (Fsp3) is 0.368. The van der Waals surface area contributed by atoms with Crippen LogP contribution >= 0.6 is 23.1 Å². The van der Waals surface area contributed by atoms with E-state index in [-0.39, 0.29) is 5.91 Å². The molecule has 0 saturated carbocycles. The smallest absolute Gasteiger partial charge is 0.253 e. The largest absolute Gasteiger partial charge is 0.361 e. The summed E-state index contributed by atoms with van der Waals surface area (Å²) in [6.07, 6.45) is 5.64. The van der Waals surface area contributed by atoms with E-state index in [4.69, 9.17) is 0 Å². The first-order chi connectivity index (χ1) is 13.5. The Hall–Kier alpha value is -2.39. The third-order valence-electron chi connectivity index (χ3n) is 4.12. The number of carbonyl (C=O) groups excluding carboxylic acids is 1. The van der Waals surface area contributed by atoms with Crippen molar-refractivity contribution in [3.63, 3.8) is 0 Å². The Labute approximate surface area is 173 Å². The lowest BCUT2D eigenvalue weighted by Gasteiger charge is -2.13. The van der Waals surface area contributed by atoms with Crippen molar-refractivity contribution < 1.29 is 4.79 Å². The molecule has 2 heterocycles. The Morgan fingerprint density at radius 1 is 1.21 bits per heavy atom. The summed E-state index contributed by atoms with van der Waals surface area (Å²) in [6, 6.07) is 5.62. The number of hydrogen-bond donors (Lipinski definition) is 2. The van der Waals surface area contributed by atoms with E-state index in [1.54, 1.807) is 42.1 Å². The second-order valence-electron chi connectivity index (χ2n) is 6.71. The highest BCUT2D eigenvalue weighted by Gasteiger charge is 2.11. The molecule has 0 radical (unpaired) electrons. The zero-order valence-electron chi connectivity index (χ0n) is 16.4. The number of benzene rings is 1. The van der Waals surface area contributed by atoms with Gasteiger partial charge in [0.15, 0.2) is 5.13 Å². The van der Waals surface area contributed by atoms with Crippen LogP contribution in [0.5, 0.6) is 0 Å². The van der Waals surface area contributed by atoms with E-state index < -0.39 is 0 Å². The number of thioether (sulfide) groups is 1. The predicted molar refractivity (Wildman–Crippen MR) is 118 cm³/mol. The molecule has 3 rings (SSSR count). The summed E-state index contributed by atoms with van der Waals surface area (Å²) in [5.74, 6) is 1.00. The third kappa shape index (κ3) is 5.11. The van der Waals surface area contributed by atoms with Gasteiger partial charge in [0.2, 0.25) is 5.95 Å². The maximum Gasteiger partial charge on any atom is 0.253 e. The van der Waals surface area contributed by atoms with E-state index in [1.165, 1.54) is 0 Å². The van der Waals surface area contributed by atoms with E-state index >= 15 is 0 Å². The van der Waals surface area contributed by atoms with Gasteiger partial charge in [-0.3, -0.25) is 4.79 Å². The molecule has 7 nitrogen and oxygen atoms in total. The quantitative estimate of drug-likeness (QED) is 0.542. The summed E-state index contributed by atoms with van der Waals surface area (Å²) in [5.41, 5.74) is 1.58. The van der Waals surface area contributed by atoms with Crippen LogP contribution in [-0.4, -0.2) is 59.2 Å². The monoisotopic (exact) mass is 416 g/mol. The Balaban J connectivity index is 1.54. The summed E-state index contributed by atoms with van der Waals surface area (Å²) in [7, 11) is 3.51. The molecule has 148 valence electrons. The molecule has 2 N–H and O–H groups in total. The summed E-state index contributed by atoms with van der Waals surface area (Å²) in [5, 5.41) is 7.50. The molecule has 0 saturated heterocycles. The Kier molecular flexibility index (Phi) is 6.69. The normalized spacial score (nSPS) is 12.0. The highest BCUT2D eigenvalue weighted by Crippen LogP contribution is 2.27. The first-order valence-electron chi connectivity index (χ1n) is 8.92. The second-order valence-corrected chi connectivity index (χ2v) is 8.62. The van der Waals surface area contributed by atoms with Gasteiger partial charge in [-0.2, -0.15) is 0 Å². The maximum absolute atomic E-state index is 12.1. The van der Waals surface area contributed by atoms with Crippen molar-refractivity contribution in [1.82, 2.24) is 19.9 Å². The van der Waals surface area contributed by atoms with Crippen molar-refractivity contribution in [2.45, 2.75) is 11.8 Å². The summed E-state index contributed by atoms with van der Waals surface area (Å²) >= 11 is 3.18. The van der Waals surface area contributed by atoms with Gasteiger partial charge < -0.3 is 15.5 Å². The average molecular weight is 417 g/mol. The Morgan fingerprint density at radius 3 is 2.61 bits per heavy atom. The molecule has 0 unspecified atom stereocenters. The summed E-state index contributed by atoms with van der Waals surface area (Å²) in [4.78, 5) is 27.9. The maximum atomic E-state index is 12.1. The fourth-order valence-electron chi connectivity index (χ4n) is 2.50. The first-order valence-corrected chi connectivity index (χ1v) is 11.0. The van der Waals surface area contributed by atoms with Crippen molar-refractivity contribution in [3.8, 4) is 0 Å². The van der Waals surface area contributed by atoms with Gasteiger partial charge in [-0.05, 0) is 30.4 Å². The van der Waals surface area contributed by atoms with Crippen LogP contribution in [0.3, 0.4) is 0 Å². The summed E-state index contributed by atoms with van der Waals surface area (Å²) in [6.45, 7) is 3.69. The molecule has 3 aromatic rings. The zero-order chi connectivity index (χ0) is 20.1. The topological polar surface area (TPSA) is 83.0 Å². The van der Waals surface area contributed by atoms with Crippen LogP contribution in [0.4, 0.5) is 11.1 Å². The van der Waals surface area contributed by atoms with Crippen LogP contribution in [0, 0.1) is 5.92 Å². The van der Waals surface area contributed by atoms with Crippen molar-refractivity contribution in [3.05, 3.63) is 36.2 Å². The molecular weight excluding hydrogens is 392 g/mol. The number of nitrogens with one attached hydrogen (secondary N) is 2. The van der Waals surface area contributed by atoms with E-state index in [1.807, 2.05) is 36.8 Å². The second kappa shape index (κ2) is 9.20. The molecule has 2 aromatic heterocycles. The summed E-state index contributed by atoms with van der Waals surface area (Å²) < 4.78 is 1.00. The van der Waals surface area contributed by atoms with Crippen molar-refractivity contribution in [2.75, 3.05) is 44.1 Å². The minimum Gasteiger partial charge on any atom is -0.361 e. The van der Waals surface area contributed by atoms with Crippen molar-refractivity contribution >= 4 is 50.3 Å². The molecule has 0 aliphatic heterocycles. The molecule has 1 amide bonds. The van der Waals surface area contributed by atoms with Crippen molar-refractivity contribution in [2.24, 2.45) is 5.92 Å². The highest BCUT2D eigenvalue weighted by atomic mass is 32.2. The number of anilines is 2. The van der Waals surface area contributed by atoms with Gasteiger partial charge >= 0.3 is 0 Å². The SMILES string of the molecule is CSc1cnc(NC[C@H](C)CNc2nc3ccc(C(=O)N(C)C)cc3s2)nc1. The van der Waals surface area contributed by atoms with Gasteiger partial charge in [0, 0.05) is 50.0 Å². The van der Waals surface area contributed by atoms with E-state index in [0.717, 1.165) is 33.3 Å². The molecule has 0 aliphatic rings.